The number of ether oxygens (including phenoxy) is 2. The van der Waals surface area contributed by atoms with E-state index in [1.807, 2.05) is 13.2 Å². The number of rotatable bonds is 5. The van der Waals surface area contributed by atoms with Crippen molar-refractivity contribution >= 4 is 35.5 Å². The molecular weight excluding hydrogens is 439 g/mol. The molecule has 8 heteroatoms. The number of carboxylic acids is 1. The zero-order chi connectivity index (χ0) is 22.7. The summed E-state index contributed by atoms with van der Waals surface area (Å²) >= 11 is 3.14. The number of thioether (sulfide) groups is 2. The second-order valence-electron chi connectivity index (χ2n) is 9.70. The normalized spacial score (nSPS) is 45.6. The van der Waals surface area contributed by atoms with Gasteiger partial charge in [0.1, 0.15) is 6.10 Å². The number of aliphatic carboxylic acids is 1. The van der Waals surface area contributed by atoms with Crippen molar-refractivity contribution in [2.75, 3.05) is 12.0 Å². The number of allylic oxidation sites excluding steroid dienone is 2. The number of carbonyl (C=O) groups excluding carboxylic acids is 1. The van der Waals surface area contributed by atoms with E-state index in [1.54, 1.807) is 24.1 Å². The smallest absolute Gasteiger partial charge is 0.313 e. The lowest BCUT2D eigenvalue weighted by atomic mass is 9.46. The Morgan fingerprint density at radius 2 is 2.06 bits per heavy atom. The fourth-order valence-corrected chi connectivity index (χ4v) is 9.90. The van der Waals surface area contributed by atoms with Gasteiger partial charge < -0.3 is 14.6 Å². The number of halogens is 1. The predicted molar refractivity (Wildman–Crippen MR) is 120 cm³/mol. The van der Waals surface area contributed by atoms with Crippen LogP contribution in [-0.2, 0) is 19.1 Å². The third-order valence-electron chi connectivity index (χ3n) is 8.52. The summed E-state index contributed by atoms with van der Waals surface area (Å²) in [6.45, 7) is 5.41. The number of alkyl halides is 1. The van der Waals surface area contributed by atoms with Gasteiger partial charge in [-0.2, -0.15) is 0 Å². The van der Waals surface area contributed by atoms with E-state index >= 15 is 4.39 Å². The van der Waals surface area contributed by atoms with Crippen LogP contribution in [0.25, 0.3) is 0 Å². The third-order valence-corrected chi connectivity index (χ3v) is 12.2. The molecule has 0 amide bonds. The molecule has 31 heavy (non-hydrogen) atoms. The van der Waals surface area contributed by atoms with E-state index in [0.717, 1.165) is 24.8 Å². The molecule has 3 unspecified atom stereocenters. The van der Waals surface area contributed by atoms with Crippen molar-refractivity contribution in [3.63, 3.8) is 0 Å². The van der Waals surface area contributed by atoms with Crippen LogP contribution in [0.2, 0.25) is 0 Å². The van der Waals surface area contributed by atoms with Gasteiger partial charge in [0.15, 0.2) is 5.67 Å². The van der Waals surface area contributed by atoms with Crippen LogP contribution in [0.15, 0.2) is 24.2 Å². The van der Waals surface area contributed by atoms with Crippen LogP contribution in [0.1, 0.15) is 52.9 Å². The Hall–Kier alpha value is -1.15. The van der Waals surface area contributed by atoms with E-state index in [1.165, 1.54) is 24.9 Å². The first kappa shape index (κ1) is 23.0. The minimum atomic E-state index is -1.74. The lowest BCUT2D eigenvalue weighted by Gasteiger charge is -2.63. The van der Waals surface area contributed by atoms with Crippen molar-refractivity contribution < 1.29 is 28.6 Å². The molecule has 0 aromatic carbocycles. The number of hydrogen-bond donors (Lipinski definition) is 1. The molecule has 0 aromatic heterocycles. The topological polar surface area (TPSA) is 72.8 Å². The van der Waals surface area contributed by atoms with Crippen molar-refractivity contribution in [3.8, 4) is 0 Å². The highest BCUT2D eigenvalue weighted by Gasteiger charge is 2.74. The Morgan fingerprint density at radius 3 is 2.71 bits per heavy atom. The molecule has 4 rings (SSSR count). The second-order valence-corrected chi connectivity index (χ2v) is 12.3. The largest absolute Gasteiger partial charge is 0.481 e. The molecular formula is C23H31FO5S2. The summed E-state index contributed by atoms with van der Waals surface area (Å²) < 4.78 is 28.3. The first-order valence-electron chi connectivity index (χ1n) is 10.8. The van der Waals surface area contributed by atoms with Crippen LogP contribution < -0.4 is 0 Å². The van der Waals surface area contributed by atoms with Crippen molar-refractivity contribution in [3.05, 3.63) is 24.2 Å². The molecule has 3 fully saturated rings. The Labute approximate surface area is 191 Å². The lowest BCUT2D eigenvalue weighted by Crippen LogP contribution is -2.68. The first-order valence-corrected chi connectivity index (χ1v) is 13.0. The molecule has 0 aromatic rings. The Morgan fingerprint density at radius 1 is 1.32 bits per heavy atom. The van der Waals surface area contributed by atoms with E-state index in [2.05, 4.69) is 6.92 Å². The zero-order valence-corrected chi connectivity index (χ0v) is 20.1. The fourth-order valence-electron chi connectivity index (χ4n) is 7.05. The first-order chi connectivity index (χ1) is 14.5. The molecule has 7 atom stereocenters. The summed E-state index contributed by atoms with van der Waals surface area (Å²) in [6.07, 6.45) is 9.57. The summed E-state index contributed by atoms with van der Waals surface area (Å²) in [5.74, 6) is -1.50. The van der Waals surface area contributed by atoms with E-state index in [9.17, 15) is 14.7 Å². The molecule has 0 radical (unpaired) electrons. The third kappa shape index (κ3) is 3.10. The summed E-state index contributed by atoms with van der Waals surface area (Å²) in [4.78, 5) is 23.5. The highest BCUT2D eigenvalue weighted by molar-refractivity contribution is 8.18. The molecule has 3 saturated carbocycles. The van der Waals surface area contributed by atoms with Crippen LogP contribution >= 0.6 is 23.5 Å². The number of carboxylic acid groups (broad SMARTS) is 1. The average Bonchev–Trinajstić information content (AvgIpc) is 2.99. The fraction of sp³-hybridized carbons (Fsp3) is 0.739. The Bertz CT molecular complexity index is 846. The maximum atomic E-state index is 17.5. The van der Waals surface area contributed by atoms with E-state index < -0.39 is 29.1 Å². The van der Waals surface area contributed by atoms with Gasteiger partial charge in [-0.25, -0.2) is 4.39 Å². The van der Waals surface area contributed by atoms with Gasteiger partial charge in [-0.05, 0) is 68.3 Å². The van der Waals surface area contributed by atoms with Gasteiger partial charge >= 0.3 is 11.9 Å². The second kappa shape index (κ2) is 7.72. The number of hydrogen-bond acceptors (Lipinski definition) is 6. The minimum Gasteiger partial charge on any atom is -0.481 e. The van der Waals surface area contributed by atoms with E-state index in [-0.39, 0.29) is 27.1 Å². The van der Waals surface area contributed by atoms with Crippen LogP contribution in [0, 0.1) is 22.7 Å². The quantitative estimate of drug-likeness (QED) is 0.439. The minimum absolute atomic E-state index is 0.0114. The molecule has 1 heterocycles. The molecule has 4 aliphatic rings. The van der Waals surface area contributed by atoms with Crippen molar-refractivity contribution in [1.82, 2.24) is 0 Å². The van der Waals surface area contributed by atoms with Crippen LogP contribution in [0.3, 0.4) is 0 Å². The maximum absolute atomic E-state index is 17.5. The van der Waals surface area contributed by atoms with E-state index in [0.29, 0.717) is 12.8 Å². The van der Waals surface area contributed by atoms with Gasteiger partial charge in [0, 0.05) is 12.8 Å². The Kier molecular flexibility index (Phi) is 5.73. The van der Waals surface area contributed by atoms with Crippen LogP contribution in [0.5, 0.6) is 0 Å². The predicted octanol–water partition coefficient (Wildman–Crippen LogP) is 5.17. The van der Waals surface area contributed by atoms with Crippen LogP contribution in [0.4, 0.5) is 4.39 Å². The molecule has 5 nitrogen and oxygen atoms in total. The standard InChI is InChI=1S/C23H31FO5S2/c1-14(25)29-18-11-21(3)16(7-8-22(21,30-4)31-13-19(26)27)17-6-5-15-12-28-10-9-20(15,2)23(17,18)24/h9-10,12,16-18H,5-8,11,13H2,1-4H3,(H,26,27)/t16?,17?,18-,20-,21-,22-,23?/m0/s1. The van der Waals surface area contributed by atoms with Gasteiger partial charge in [0.05, 0.1) is 27.8 Å². The summed E-state index contributed by atoms with van der Waals surface area (Å²) in [5.41, 5.74) is -2.07. The van der Waals surface area contributed by atoms with Gasteiger partial charge in [-0.15, -0.1) is 23.5 Å². The molecule has 1 aliphatic heterocycles. The lowest BCUT2D eigenvalue weighted by molar-refractivity contribution is -0.209. The van der Waals surface area contributed by atoms with Crippen molar-refractivity contribution in [2.24, 2.45) is 22.7 Å². The SMILES string of the molecule is CS[C@]1(SCC(=O)O)CCC2C3CCC4=COC=C[C@]4(C)C3(F)[C@@H](OC(C)=O)C[C@@]21C. The summed E-state index contributed by atoms with van der Waals surface area (Å²) in [5, 5.41) is 9.34. The maximum Gasteiger partial charge on any atom is 0.313 e. The Balaban J connectivity index is 1.81. The summed E-state index contributed by atoms with van der Waals surface area (Å²) in [6, 6.07) is 0. The molecule has 172 valence electrons. The van der Waals surface area contributed by atoms with Crippen molar-refractivity contribution in [2.45, 2.75) is 68.7 Å². The highest BCUT2D eigenvalue weighted by atomic mass is 32.2. The molecule has 1 N–H and O–H groups in total. The number of fused-ring (bicyclic) bond motifs is 5. The molecule has 3 aliphatic carbocycles. The van der Waals surface area contributed by atoms with Gasteiger partial charge in [0.2, 0.25) is 0 Å². The van der Waals surface area contributed by atoms with Gasteiger partial charge in [-0.1, -0.05) is 6.92 Å². The average molecular weight is 471 g/mol. The summed E-state index contributed by atoms with van der Waals surface area (Å²) in [7, 11) is 0. The molecule has 0 spiro atoms. The number of esters is 1. The van der Waals surface area contributed by atoms with Gasteiger partial charge in [-0.3, -0.25) is 9.59 Å². The van der Waals surface area contributed by atoms with E-state index in [4.69, 9.17) is 9.47 Å². The van der Waals surface area contributed by atoms with Gasteiger partial charge in [0.25, 0.3) is 0 Å². The zero-order valence-electron chi connectivity index (χ0n) is 18.5. The molecule has 0 bridgehead atoms. The van der Waals surface area contributed by atoms with Crippen molar-refractivity contribution in [1.29, 1.82) is 0 Å². The number of carbonyl (C=O) groups is 2. The monoisotopic (exact) mass is 470 g/mol. The van der Waals surface area contributed by atoms with Crippen LogP contribution in [-0.4, -0.2) is 44.9 Å². The highest BCUT2D eigenvalue weighted by Crippen LogP contribution is 2.74. The molecule has 0 saturated heterocycles.